The number of amides is 1. The molecule has 0 fully saturated rings. The molecule has 0 saturated carbocycles. The van der Waals surface area contributed by atoms with Crippen molar-refractivity contribution in [2.45, 2.75) is 4.90 Å². The molecule has 0 aliphatic heterocycles. The highest BCUT2D eigenvalue weighted by molar-refractivity contribution is 8.00. The number of thioether (sulfide) groups is 1. The summed E-state index contributed by atoms with van der Waals surface area (Å²) in [5.41, 5.74) is 0.959. The van der Waals surface area contributed by atoms with Crippen LogP contribution in [0.2, 0.25) is 10.0 Å². The van der Waals surface area contributed by atoms with Gasteiger partial charge in [-0.1, -0.05) is 41.4 Å². The van der Waals surface area contributed by atoms with Crippen molar-refractivity contribution in [1.82, 2.24) is 4.98 Å². The molecule has 1 amide bonds. The molecule has 0 aliphatic carbocycles. The largest absolute Gasteiger partial charge is 0.493 e. The fraction of sp³-hybridized carbons (Fsp3) is 0.0625. The number of fused-ring (bicyclic) bond motifs is 1. The molecule has 3 aromatic rings. The van der Waals surface area contributed by atoms with Gasteiger partial charge < -0.3 is 10.1 Å². The molecule has 0 saturated heterocycles. The van der Waals surface area contributed by atoms with Gasteiger partial charge >= 0.3 is 0 Å². The molecule has 0 unspecified atom stereocenters. The first-order chi connectivity index (χ1) is 11.5. The van der Waals surface area contributed by atoms with Gasteiger partial charge in [0.05, 0.1) is 16.3 Å². The number of carbonyl (C=O) groups excluding carboxylic acids is 1. The molecule has 1 aromatic heterocycles. The van der Waals surface area contributed by atoms with E-state index < -0.39 is 5.91 Å². The van der Waals surface area contributed by atoms with Crippen molar-refractivity contribution in [3.63, 3.8) is 0 Å². The highest BCUT2D eigenvalue weighted by Crippen LogP contribution is 2.35. The second-order valence-corrected chi connectivity index (χ2v) is 6.69. The lowest BCUT2D eigenvalue weighted by atomic mass is 10.2. The number of nitrogens with zero attached hydrogens (tertiary/aromatic N) is 2. The fourth-order valence-electron chi connectivity index (χ4n) is 2.08. The molecule has 0 atom stereocenters. The molecule has 1 heterocycles. The van der Waals surface area contributed by atoms with Crippen LogP contribution in [0.25, 0.3) is 10.9 Å². The third-order valence-corrected chi connectivity index (χ3v) is 4.88. The first-order valence-corrected chi connectivity index (χ1v) is 8.61. The Kier molecular flexibility index (Phi) is 5.08. The van der Waals surface area contributed by atoms with Crippen LogP contribution in [-0.2, 0) is 4.79 Å². The van der Waals surface area contributed by atoms with Crippen LogP contribution in [0.1, 0.15) is 0 Å². The predicted molar refractivity (Wildman–Crippen MR) is 96.7 cm³/mol. The Balaban J connectivity index is 1.71. The van der Waals surface area contributed by atoms with Crippen molar-refractivity contribution >= 4 is 57.5 Å². The van der Waals surface area contributed by atoms with E-state index in [1.165, 1.54) is 11.8 Å². The van der Waals surface area contributed by atoms with Crippen LogP contribution < -0.4 is 0 Å². The monoisotopic (exact) mass is 379 g/mol. The van der Waals surface area contributed by atoms with E-state index >= 15 is 0 Å². The van der Waals surface area contributed by atoms with Crippen molar-refractivity contribution in [3.05, 3.63) is 52.5 Å². The number of benzene rings is 2. The molecular formula is C16H11Cl2N3O2S. The van der Waals surface area contributed by atoms with Gasteiger partial charge in [0.15, 0.2) is 5.69 Å². The van der Waals surface area contributed by atoms with E-state index in [-0.39, 0.29) is 17.3 Å². The maximum absolute atomic E-state index is 11.9. The number of nitrogens with one attached hydrogen (secondary N) is 1. The van der Waals surface area contributed by atoms with Crippen LogP contribution in [0.5, 0.6) is 5.88 Å². The molecule has 0 aliphatic rings. The maximum Gasteiger partial charge on any atom is 0.274 e. The standard InChI is InChI=1S/C16H11Cl2N3O2S/c17-9-5-6-11(18)13(7-9)24-8-14(22)20-21-15-10-3-1-2-4-12(10)19-16(15)23/h1-7,19,23H,8H2. The zero-order chi connectivity index (χ0) is 17.1. The molecule has 0 bridgehead atoms. The summed E-state index contributed by atoms with van der Waals surface area (Å²) in [5, 5.41) is 19.1. The minimum Gasteiger partial charge on any atom is -0.493 e. The Morgan fingerprint density at radius 1 is 1.21 bits per heavy atom. The number of rotatable bonds is 4. The molecule has 0 radical (unpaired) electrons. The zero-order valence-corrected chi connectivity index (χ0v) is 14.5. The van der Waals surface area contributed by atoms with E-state index in [1.807, 2.05) is 12.1 Å². The van der Waals surface area contributed by atoms with Crippen molar-refractivity contribution in [2.24, 2.45) is 10.2 Å². The molecule has 122 valence electrons. The summed E-state index contributed by atoms with van der Waals surface area (Å²) < 4.78 is 0. The minimum absolute atomic E-state index is 0.0622. The lowest BCUT2D eigenvalue weighted by molar-refractivity contribution is -0.115. The third-order valence-electron chi connectivity index (χ3n) is 3.17. The van der Waals surface area contributed by atoms with Gasteiger partial charge in [-0.2, -0.15) is 0 Å². The smallest absolute Gasteiger partial charge is 0.274 e. The Morgan fingerprint density at radius 2 is 2.00 bits per heavy atom. The van der Waals surface area contributed by atoms with E-state index in [0.29, 0.717) is 20.3 Å². The normalized spacial score (nSPS) is 11.4. The zero-order valence-electron chi connectivity index (χ0n) is 12.2. The van der Waals surface area contributed by atoms with E-state index in [2.05, 4.69) is 15.2 Å². The molecule has 2 N–H and O–H groups in total. The van der Waals surface area contributed by atoms with E-state index in [9.17, 15) is 9.90 Å². The third kappa shape index (κ3) is 3.72. The van der Waals surface area contributed by atoms with Gasteiger partial charge in [0.2, 0.25) is 5.88 Å². The number of halogens is 2. The number of hydrogen-bond donors (Lipinski definition) is 2. The molecule has 8 heteroatoms. The van der Waals surface area contributed by atoms with Gasteiger partial charge in [0.1, 0.15) is 0 Å². The summed E-state index contributed by atoms with van der Waals surface area (Å²) in [4.78, 5) is 15.4. The number of aromatic amines is 1. The number of para-hydroxylation sites is 1. The van der Waals surface area contributed by atoms with E-state index in [0.717, 1.165) is 5.52 Å². The van der Waals surface area contributed by atoms with E-state index in [4.69, 9.17) is 23.2 Å². The Bertz CT molecular complexity index is 940. The Morgan fingerprint density at radius 3 is 2.83 bits per heavy atom. The van der Waals surface area contributed by atoms with Crippen LogP contribution in [-0.4, -0.2) is 21.8 Å². The summed E-state index contributed by atoms with van der Waals surface area (Å²) in [6.45, 7) is 0. The lowest BCUT2D eigenvalue weighted by Crippen LogP contribution is -1.95. The number of hydrogen-bond acceptors (Lipinski definition) is 4. The molecular weight excluding hydrogens is 369 g/mol. The van der Waals surface area contributed by atoms with Crippen LogP contribution >= 0.6 is 35.0 Å². The topological polar surface area (TPSA) is 77.8 Å². The molecule has 2 aromatic carbocycles. The SMILES string of the molecule is O=C(CSc1cc(Cl)ccc1Cl)N=Nc1c(O)[nH]c2ccccc12. The Labute approximate surface area is 151 Å². The van der Waals surface area contributed by atoms with Gasteiger partial charge in [-0.25, -0.2) is 0 Å². The minimum atomic E-state index is -0.444. The van der Waals surface area contributed by atoms with Crippen molar-refractivity contribution in [3.8, 4) is 5.88 Å². The summed E-state index contributed by atoms with van der Waals surface area (Å²) >= 11 is 13.2. The summed E-state index contributed by atoms with van der Waals surface area (Å²) in [7, 11) is 0. The van der Waals surface area contributed by atoms with Crippen molar-refractivity contribution in [2.75, 3.05) is 5.75 Å². The molecule has 0 spiro atoms. The van der Waals surface area contributed by atoms with Gasteiger partial charge in [0, 0.05) is 15.3 Å². The van der Waals surface area contributed by atoms with E-state index in [1.54, 1.807) is 30.3 Å². The van der Waals surface area contributed by atoms with Gasteiger partial charge in [-0.15, -0.1) is 22.0 Å². The average molecular weight is 380 g/mol. The van der Waals surface area contributed by atoms with Crippen LogP contribution in [0.3, 0.4) is 0 Å². The Hall–Kier alpha value is -2.02. The number of aromatic nitrogens is 1. The van der Waals surface area contributed by atoms with Crippen molar-refractivity contribution < 1.29 is 9.90 Å². The van der Waals surface area contributed by atoms with Crippen LogP contribution in [0.15, 0.2) is 57.6 Å². The number of azo groups is 1. The summed E-state index contributed by atoms with van der Waals surface area (Å²) in [6.07, 6.45) is 0. The highest BCUT2D eigenvalue weighted by Gasteiger charge is 2.11. The number of H-pyrrole nitrogens is 1. The second kappa shape index (κ2) is 7.25. The van der Waals surface area contributed by atoms with Gasteiger partial charge in [-0.3, -0.25) is 4.79 Å². The molecule has 3 rings (SSSR count). The first kappa shape index (κ1) is 16.8. The summed E-state index contributed by atoms with van der Waals surface area (Å²) in [5.74, 6) is -0.508. The van der Waals surface area contributed by atoms with Gasteiger partial charge in [-0.05, 0) is 24.3 Å². The van der Waals surface area contributed by atoms with Crippen LogP contribution in [0, 0.1) is 0 Å². The first-order valence-electron chi connectivity index (χ1n) is 6.86. The number of aromatic hydroxyl groups is 1. The molecule has 5 nitrogen and oxygen atoms in total. The van der Waals surface area contributed by atoms with Crippen LogP contribution in [0.4, 0.5) is 5.69 Å². The summed E-state index contributed by atoms with van der Waals surface area (Å²) in [6, 6.07) is 12.3. The quantitative estimate of drug-likeness (QED) is 0.458. The fourth-order valence-corrected chi connectivity index (χ4v) is 3.35. The maximum atomic E-state index is 11.9. The van der Waals surface area contributed by atoms with Gasteiger partial charge in [0.25, 0.3) is 5.91 Å². The number of carbonyl (C=O) groups is 1. The highest BCUT2D eigenvalue weighted by atomic mass is 35.5. The average Bonchev–Trinajstić information content (AvgIpc) is 2.89. The molecule has 24 heavy (non-hydrogen) atoms. The lowest BCUT2D eigenvalue weighted by Gasteiger charge is -2.02. The predicted octanol–water partition coefficient (Wildman–Crippen LogP) is 5.58. The van der Waals surface area contributed by atoms with Crippen molar-refractivity contribution in [1.29, 1.82) is 0 Å². The second-order valence-electron chi connectivity index (χ2n) is 4.82.